The monoisotopic (exact) mass is 327 g/mol. The van der Waals surface area contributed by atoms with E-state index in [2.05, 4.69) is 15.1 Å². The minimum atomic E-state index is -0.115. The number of ether oxygens (including phenoxy) is 2. The first-order chi connectivity index (χ1) is 11.7. The molecule has 0 bridgehead atoms. The summed E-state index contributed by atoms with van der Waals surface area (Å²) in [6, 6.07) is 11.7. The molecule has 1 fully saturated rings. The van der Waals surface area contributed by atoms with E-state index < -0.39 is 0 Å². The summed E-state index contributed by atoms with van der Waals surface area (Å²) in [6.07, 6.45) is 1.57. The summed E-state index contributed by atoms with van der Waals surface area (Å²) >= 11 is 0. The summed E-state index contributed by atoms with van der Waals surface area (Å²) in [7, 11) is 3.09. The molecule has 1 aromatic carbocycles. The van der Waals surface area contributed by atoms with Gasteiger partial charge in [-0.15, -0.1) is 10.2 Å². The van der Waals surface area contributed by atoms with E-state index in [0.717, 1.165) is 48.8 Å². The summed E-state index contributed by atoms with van der Waals surface area (Å²) in [5, 5.41) is 8.67. The third kappa shape index (κ3) is 3.48. The van der Waals surface area contributed by atoms with E-state index in [1.807, 2.05) is 36.4 Å². The van der Waals surface area contributed by atoms with E-state index in [0.29, 0.717) is 0 Å². The van der Waals surface area contributed by atoms with Crippen LogP contribution in [0.4, 0.5) is 5.82 Å². The number of carbonyl (C=O) groups is 1. The Hall–Kier alpha value is -2.63. The number of piperidine rings is 1. The molecule has 126 valence electrons. The summed E-state index contributed by atoms with van der Waals surface area (Å²) in [4.78, 5) is 13.7. The normalized spacial score (nSPS) is 15.2. The van der Waals surface area contributed by atoms with E-state index in [-0.39, 0.29) is 11.9 Å². The number of nitrogens with zero attached hydrogens (tertiary/aromatic N) is 3. The number of hydrogen-bond acceptors (Lipinski definition) is 6. The third-order valence-electron chi connectivity index (χ3n) is 4.39. The second kappa shape index (κ2) is 7.29. The summed E-state index contributed by atoms with van der Waals surface area (Å²) in [5.74, 6) is 1.54. The van der Waals surface area contributed by atoms with Crippen LogP contribution in [0.2, 0.25) is 0 Å². The average Bonchev–Trinajstić information content (AvgIpc) is 2.68. The fourth-order valence-electron chi connectivity index (χ4n) is 2.92. The molecule has 0 N–H and O–H groups in total. The van der Waals surface area contributed by atoms with Gasteiger partial charge < -0.3 is 14.4 Å². The Bertz CT molecular complexity index is 678. The van der Waals surface area contributed by atoms with Gasteiger partial charge in [0.05, 0.1) is 25.8 Å². The molecule has 0 amide bonds. The van der Waals surface area contributed by atoms with Crippen molar-refractivity contribution >= 4 is 11.8 Å². The average molecular weight is 327 g/mol. The lowest BCUT2D eigenvalue weighted by molar-refractivity contribution is -0.146. The second-order valence-corrected chi connectivity index (χ2v) is 5.79. The predicted molar refractivity (Wildman–Crippen MR) is 91.0 cm³/mol. The van der Waals surface area contributed by atoms with Gasteiger partial charge in [0.25, 0.3) is 0 Å². The van der Waals surface area contributed by atoms with Crippen molar-refractivity contribution in [3.8, 4) is 17.0 Å². The molecule has 1 saturated heterocycles. The van der Waals surface area contributed by atoms with Crippen LogP contribution in [-0.2, 0) is 9.53 Å². The summed E-state index contributed by atoms with van der Waals surface area (Å²) < 4.78 is 9.98. The number of carbonyl (C=O) groups excluding carboxylic acids is 1. The zero-order valence-electron chi connectivity index (χ0n) is 13.9. The number of benzene rings is 1. The topological polar surface area (TPSA) is 64.5 Å². The van der Waals surface area contributed by atoms with Gasteiger partial charge in [0, 0.05) is 18.7 Å². The molecule has 0 saturated carbocycles. The first-order valence-corrected chi connectivity index (χ1v) is 8.02. The molecular formula is C18H21N3O3. The third-order valence-corrected chi connectivity index (χ3v) is 4.39. The number of aromatic nitrogens is 2. The molecular weight excluding hydrogens is 306 g/mol. The van der Waals surface area contributed by atoms with Crippen LogP contribution in [0.25, 0.3) is 11.3 Å². The van der Waals surface area contributed by atoms with E-state index in [1.54, 1.807) is 7.11 Å². The largest absolute Gasteiger partial charge is 0.497 e. The lowest BCUT2D eigenvalue weighted by atomic mass is 9.97. The molecule has 1 aliphatic heterocycles. The van der Waals surface area contributed by atoms with Gasteiger partial charge in [-0.2, -0.15) is 0 Å². The molecule has 0 unspecified atom stereocenters. The highest BCUT2D eigenvalue weighted by Crippen LogP contribution is 2.24. The van der Waals surface area contributed by atoms with Gasteiger partial charge in [-0.05, 0) is 49.2 Å². The molecule has 6 nitrogen and oxygen atoms in total. The predicted octanol–water partition coefficient (Wildman–Crippen LogP) is 2.54. The van der Waals surface area contributed by atoms with Gasteiger partial charge in [-0.1, -0.05) is 0 Å². The van der Waals surface area contributed by atoms with Gasteiger partial charge in [0.15, 0.2) is 5.82 Å². The van der Waals surface area contributed by atoms with Crippen molar-refractivity contribution in [3.63, 3.8) is 0 Å². The number of rotatable bonds is 4. The van der Waals surface area contributed by atoms with Crippen LogP contribution < -0.4 is 9.64 Å². The summed E-state index contributed by atoms with van der Waals surface area (Å²) in [5.41, 5.74) is 1.82. The van der Waals surface area contributed by atoms with Crippen molar-refractivity contribution in [2.45, 2.75) is 12.8 Å². The molecule has 1 aromatic heterocycles. The first-order valence-electron chi connectivity index (χ1n) is 8.02. The number of methoxy groups -OCH3 is 2. The van der Waals surface area contributed by atoms with E-state index in [1.165, 1.54) is 7.11 Å². The van der Waals surface area contributed by atoms with Crippen molar-refractivity contribution in [1.82, 2.24) is 10.2 Å². The fourth-order valence-corrected chi connectivity index (χ4v) is 2.92. The zero-order valence-corrected chi connectivity index (χ0v) is 13.9. The molecule has 6 heteroatoms. The van der Waals surface area contributed by atoms with Gasteiger partial charge in [-0.3, -0.25) is 4.79 Å². The minimum Gasteiger partial charge on any atom is -0.497 e. The Morgan fingerprint density at radius 2 is 1.75 bits per heavy atom. The SMILES string of the molecule is COC(=O)C1CCN(c2ccc(-c3ccc(OC)cc3)nn2)CC1. The maximum atomic E-state index is 11.6. The summed E-state index contributed by atoms with van der Waals surface area (Å²) in [6.45, 7) is 1.58. The van der Waals surface area contributed by atoms with Gasteiger partial charge in [0.2, 0.25) is 0 Å². The molecule has 1 aliphatic rings. The second-order valence-electron chi connectivity index (χ2n) is 5.79. The molecule has 24 heavy (non-hydrogen) atoms. The Morgan fingerprint density at radius 1 is 1.04 bits per heavy atom. The van der Waals surface area contributed by atoms with Crippen LogP contribution in [0.3, 0.4) is 0 Å². The Balaban J connectivity index is 1.65. The van der Waals surface area contributed by atoms with Crippen molar-refractivity contribution in [3.05, 3.63) is 36.4 Å². The van der Waals surface area contributed by atoms with Gasteiger partial charge in [0.1, 0.15) is 5.75 Å². The highest BCUT2D eigenvalue weighted by molar-refractivity contribution is 5.72. The quantitative estimate of drug-likeness (QED) is 0.804. The van der Waals surface area contributed by atoms with Crippen LogP contribution in [-0.4, -0.2) is 43.5 Å². The van der Waals surface area contributed by atoms with Crippen LogP contribution in [0, 0.1) is 5.92 Å². The lowest BCUT2D eigenvalue weighted by Gasteiger charge is -2.31. The minimum absolute atomic E-state index is 0.00205. The highest BCUT2D eigenvalue weighted by Gasteiger charge is 2.26. The van der Waals surface area contributed by atoms with Crippen molar-refractivity contribution < 1.29 is 14.3 Å². The molecule has 0 atom stereocenters. The smallest absolute Gasteiger partial charge is 0.308 e. The number of esters is 1. The Labute approximate surface area is 141 Å². The van der Waals surface area contributed by atoms with Crippen molar-refractivity contribution in [1.29, 1.82) is 0 Å². The Kier molecular flexibility index (Phi) is 4.93. The van der Waals surface area contributed by atoms with Gasteiger partial charge >= 0.3 is 5.97 Å². The Morgan fingerprint density at radius 3 is 2.29 bits per heavy atom. The number of hydrogen-bond donors (Lipinski definition) is 0. The highest BCUT2D eigenvalue weighted by atomic mass is 16.5. The lowest BCUT2D eigenvalue weighted by Crippen LogP contribution is -2.37. The molecule has 0 aliphatic carbocycles. The molecule has 3 rings (SSSR count). The van der Waals surface area contributed by atoms with Crippen molar-refractivity contribution in [2.75, 3.05) is 32.2 Å². The van der Waals surface area contributed by atoms with E-state index >= 15 is 0 Å². The molecule has 2 aromatic rings. The van der Waals surface area contributed by atoms with Crippen LogP contribution in [0.1, 0.15) is 12.8 Å². The van der Waals surface area contributed by atoms with E-state index in [4.69, 9.17) is 9.47 Å². The van der Waals surface area contributed by atoms with E-state index in [9.17, 15) is 4.79 Å². The van der Waals surface area contributed by atoms with Gasteiger partial charge in [-0.25, -0.2) is 0 Å². The maximum Gasteiger partial charge on any atom is 0.308 e. The van der Waals surface area contributed by atoms with Crippen LogP contribution in [0.15, 0.2) is 36.4 Å². The molecule has 2 heterocycles. The molecule has 0 spiro atoms. The fraction of sp³-hybridized carbons (Fsp3) is 0.389. The zero-order chi connectivity index (χ0) is 16.9. The maximum absolute atomic E-state index is 11.6. The first kappa shape index (κ1) is 16.2. The standard InChI is InChI=1S/C18H21N3O3/c1-23-15-5-3-13(4-6-15)16-7-8-17(20-19-16)21-11-9-14(10-12-21)18(22)24-2/h3-8,14H,9-12H2,1-2H3. The van der Waals surface area contributed by atoms with Crippen LogP contribution >= 0.6 is 0 Å². The molecule has 0 radical (unpaired) electrons. The number of anilines is 1. The van der Waals surface area contributed by atoms with Crippen LogP contribution in [0.5, 0.6) is 5.75 Å². The van der Waals surface area contributed by atoms with Crippen molar-refractivity contribution in [2.24, 2.45) is 5.92 Å².